The molecule has 0 aliphatic carbocycles. The van der Waals surface area contributed by atoms with Crippen molar-refractivity contribution in [1.82, 2.24) is 4.31 Å². The molecule has 0 saturated carbocycles. The average Bonchev–Trinajstić information content (AvgIpc) is 2.74. The summed E-state index contributed by atoms with van der Waals surface area (Å²) in [6.45, 7) is 0.523. The summed E-state index contributed by atoms with van der Waals surface area (Å²) < 4.78 is 38.5. The Labute approximate surface area is 179 Å². The highest BCUT2D eigenvalue weighted by molar-refractivity contribution is 9.10. The van der Waals surface area contributed by atoms with E-state index in [0.717, 1.165) is 4.47 Å². The Bertz CT molecular complexity index is 979. The molecule has 1 aliphatic heterocycles. The molecule has 2 aromatic rings. The van der Waals surface area contributed by atoms with Gasteiger partial charge in [0.1, 0.15) is 11.5 Å². The van der Waals surface area contributed by atoms with Crippen LogP contribution in [0.1, 0.15) is 12.8 Å². The highest BCUT2D eigenvalue weighted by atomic mass is 79.9. The molecule has 7 nitrogen and oxygen atoms in total. The predicted molar refractivity (Wildman–Crippen MR) is 114 cm³/mol. The van der Waals surface area contributed by atoms with Gasteiger partial charge in [0.25, 0.3) is 0 Å². The van der Waals surface area contributed by atoms with Crippen molar-refractivity contribution in [3.05, 3.63) is 46.9 Å². The van der Waals surface area contributed by atoms with Crippen molar-refractivity contribution < 1.29 is 22.7 Å². The molecule has 3 rings (SSSR count). The van der Waals surface area contributed by atoms with Gasteiger partial charge in [-0.25, -0.2) is 8.42 Å². The molecule has 0 aromatic heterocycles. The van der Waals surface area contributed by atoms with Crippen LogP contribution >= 0.6 is 15.9 Å². The van der Waals surface area contributed by atoms with Crippen molar-refractivity contribution in [2.45, 2.75) is 17.7 Å². The first-order chi connectivity index (χ1) is 13.8. The minimum Gasteiger partial charge on any atom is -0.497 e. The first kappa shape index (κ1) is 21.6. The number of piperidine rings is 1. The lowest BCUT2D eigenvalue weighted by atomic mass is 9.98. The van der Waals surface area contributed by atoms with Gasteiger partial charge in [-0.3, -0.25) is 4.79 Å². The first-order valence-corrected chi connectivity index (χ1v) is 11.4. The van der Waals surface area contributed by atoms with Gasteiger partial charge < -0.3 is 14.8 Å². The number of carbonyl (C=O) groups excluding carboxylic acids is 1. The number of amides is 1. The number of nitrogens with one attached hydrogen (secondary N) is 1. The highest BCUT2D eigenvalue weighted by Crippen LogP contribution is 2.30. The number of methoxy groups -OCH3 is 2. The summed E-state index contributed by atoms with van der Waals surface area (Å²) in [6, 6.07) is 11.6. The Hall–Kier alpha value is -2.10. The molecule has 156 valence electrons. The molecule has 1 saturated heterocycles. The van der Waals surface area contributed by atoms with Crippen LogP contribution in [0.15, 0.2) is 51.8 Å². The highest BCUT2D eigenvalue weighted by Gasteiger charge is 2.33. The Morgan fingerprint density at radius 3 is 2.52 bits per heavy atom. The topological polar surface area (TPSA) is 84.9 Å². The minimum absolute atomic E-state index is 0.135. The van der Waals surface area contributed by atoms with E-state index in [4.69, 9.17) is 9.47 Å². The van der Waals surface area contributed by atoms with E-state index in [-0.39, 0.29) is 17.3 Å². The zero-order chi connectivity index (χ0) is 21.0. The second-order valence-electron chi connectivity index (χ2n) is 6.71. The standard InChI is InChI=1S/C20H23BrN2O5S/c1-27-16-6-8-17(9-7-16)29(25,26)23-11-3-4-14(13-23)20(24)22-18-12-15(21)5-10-19(18)28-2/h5-10,12,14H,3-4,11,13H2,1-2H3,(H,22,24). The molecule has 2 aromatic carbocycles. The fourth-order valence-electron chi connectivity index (χ4n) is 3.28. The fourth-order valence-corrected chi connectivity index (χ4v) is 5.17. The molecule has 1 unspecified atom stereocenters. The number of ether oxygens (including phenoxy) is 2. The van der Waals surface area contributed by atoms with E-state index in [1.165, 1.54) is 30.7 Å². The van der Waals surface area contributed by atoms with Crippen LogP contribution in [-0.2, 0) is 14.8 Å². The van der Waals surface area contributed by atoms with E-state index in [0.29, 0.717) is 36.6 Å². The van der Waals surface area contributed by atoms with Crippen molar-refractivity contribution in [2.75, 3.05) is 32.6 Å². The van der Waals surface area contributed by atoms with E-state index >= 15 is 0 Å². The van der Waals surface area contributed by atoms with Crippen molar-refractivity contribution in [3.63, 3.8) is 0 Å². The lowest BCUT2D eigenvalue weighted by Crippen LogP contribution is -2.43. The van der Waals surface area contributed by atoms with E-state index < -0.39 is 15.9 Å². The Kier molecular flexibility index (Phi) is 6.81. The summed E-state index contributed by atoms with van der Waals surface area (Å²) in [5, 5.41) is 2.87. The molecular weight excluding hydrogens is 460 g/mol. The normalized spacial score (nSPS) is 17.6. The maximum Gasteiger partial charge on any atom is 0.243 e. The molecule has 0 spiro atoms. The molecule has 1 heterocycles. The van der Waals surface area contributed by atoms with Crippen LogP contribution in [0.5, 0.6) is 11.5 Å². The average molecular weight is 483 g/mol. The van der Waals surface area contributed by atoms with E-state index in [1.807, 2.05) is 6.07 Å². The van der Waals surface area contributed by atoms with Gasteiger partial charge in [-0.2, -0.15) is 4.31 Å². The number of anilines is 1. The quantitative estimate of drug-likeness (QED) is 0.680. The molecule has 1 fully saturated rings. The number of sulfonamides is 1. The predicted octanol–water partition coefficient (Wildman–Crippen LogP) is 3.51. The van der Waals surface area contributed by atoms with Gasteiger partial charge in [0.05, 0.1) is 30.7 Å². The van der Waals surface area contributed by atoms with Crippen LogP contribution in [0.3, 0.4) is 0 Å². The maximum absolute atomic E-state index is 13.0. The number of rotatable bonds is 6. The Morgan fingerprint density at radius 2 is 1.86 bits per heavy atom. The number of benzene rings is 2. The molecule has 1 aliphatic rings. The van der Waals surface area contributed by atoms with Crippen molar-refractivity contribution >= 4 is 37.5 Å². The molecular formula is C20H23BrN2O5S. The van der Waals surface area contributed by atoms with E-state index in [2.05, 4.69) is 21.2 Å². The van der Waals surface area contributed by atoms with Gasteiger partial charge in [0.2, 0.25) is 15.9 Å². The van der Waals surface area contributed by atoms with Crippen LogP contribution in [0, 0.1) is 5.92 Å². The number of carbonyl (C=O) groups is 1. The molecule has 0 bridgehead atoms. The molecule has 0 radical (unpaired) electrons. The largest absolute Gasteiger partial charge is 0.497 e. The van der Waals surface area contributed by atoms with E-state index in [9.17, 15) is 13.2 Å². The monoisotopic (exact) mass is 482 g/mol. The Morgan fingerprint density at radius 1 is 1.14 bits per heavy atom. The van der Waals surface area contributed by atoms with Crippen LogP contribution in [0.4, 0.5) is 5.69 Å². The third-order valence-corrected chi connectivity index (χ3v) is 7.24. The summed E-state index contributed by atoms with van der Waals surface area (Å²) in [5.74, 6) is 0.458. The van der Waals surface area contributed by atoms with Crippen LogP contribution in [0.25, 0.3) is 0 Å². The number of hydrogen-bond acceptors (Lipinski definition) is 5. The van der Waals surface area contributed by atoms with Gasteiger partial charge in [-0.05, 0) is 55.3 Å². The second kappa shape index (κ2) is 9.15. The van der Waals surface area contributed by atoms with Gasteiger partial charge in [0, 0.05) is 17.6 Å². The number of halogens is 1. The van der Waals surface area contributed by atoms with Crippen molar-refractivity contribution in [1.29, 1.82) is 0 Å². The van der Waals surface area contributed by atoms with Gasteiger partial charge in [-0.15, -0.1) is 0 Å². The molecule has 1 amide bonds. The summed E-state index contributed by atoms with van der Waals surface area (Å²) in [6.07, 6.45) is 1.24. The number of nitrogens with zero attached hydrogens (tertiary/aromatic N) is 1. The second-order valence-corrected chi connectivity index (χ2v) is 9.57. The zero-order valence-electron chi connectivity index (χ0n) is 16.2. The maximum atomic E-state index is 13.0. The molecule has 9 heteroatoms. The van der Waals surface area contributed by atoms with Crippen LogP contribution < -0.4 is 14.8 Å². The van der Waals surface area contributed by atoms with E-state index in [1.54, 1.807) is 24.3 Å². The third-order valence-electron chi connectivity index (χ3n) is 4.87. The van der Waals surface area contributed by atoms with Gasteiger partial charge in [0.15, 0.2) is 0 Å². The minimum atomic E-state index is -3.68. The summed E-state index contributed by atoms with van der Waals surface area (Å²) >= 11 is 3.38. The Balaban J connectivity index is 1.74. The summed E-state index contributed by atoms with van der Waals surface area (Å²) in [4.78, 5) is 13.0. The summed E-state index contributed by atoms with van der Waals surface area (Å²) in [5.41, 5.74) is 0.544. The van der Waals surface area contributed by atoms with Crippen LogP contribution in [0.2, 0.25) is 0 Å². The third kappa shape index (κ3) is 4.91. The fraction of sp³-hybridized carbons (Fsp3) is 0.350. The van der Waals surface area contributed by atoms with Crippen molar-refractivity contribution in [2.24, 2.45) is 5.92 Å². The smallest absolute Gasteiger partial charge is 0.243 e. The molecule has 1 N–H and O–H groups in total. The number of hydrogen-bond donors (Lipinski definition) is 1. The lowest BCUT2D eigenvalue weighted by molar-refractivity contribution is -0.120. The molecule has 29 heavy (non-hydrogen) atoms. The zero-order valence-corrected chi connectivity index (χ0v) is 18.6. The molecule has 1 atom stereocenters. The van der Waals surface area contributed by atoms with Crippen LogP contribution in [-0.4, -0.2) is 45.9 Å². The lowest BCUT2D eigenvalue weighted by Gasteiger charge is -2.31. The SMILES string of the molecule is COc1ccc(S(=O)(=O)N2CCCC(C(=O)Nc3cc(Br)ccc3OC)C2)cc1. The summed E-state index contributed by atoms with van der Waals surface area (Å²) in [7, 11) is -0.624. The van der Waals surface area contributed by atoms with Gasteiger partial charge in [-0.1, -0.05) is 15.9 Å². The first-order valence-electron chi connectivity index (χ1n) is 9.13. The van der Waals surface area contributed by atoms with Gasteiger partial charge >= 0.3 is 0 Å². The van der Waals surface area contributed by atoms with Crippen molar-refractivity contribution in [3.8, 4) is 11.5 Å².